The van der Waals surface area contributed by atoms with Crippen LogP contribution in [0.2, 0.25) is 0 Å². The third-order valence-corrected chi connectivity index (χ3v) is 5.36. The number of carbonyl (C=O) groups is 2. The van der Waals surface area contributed by atoms with E-state index in [1.165, 1.54) is 0 Å². The number of hydrogen-bond acceptors (Lipinski definition) is 6. The highest BCUT2D eigenvalue weighted by Crippen LogP contribution is 2.34. The highest BCUT2D eigenvalue weighted by Gasteiger charge is 2.30. The number of benzene rings is 1. The van der Waals surface area contributed by atoms with E-state index in [1.54, 1.807) is 25.1 Å². The van der Waals surface area contributed by atoms with Gasteiger partial charge in [0.25, 0.3) is 0 Å². The molecule has 2 amide bonds. The molecule has 0 bridgehead atoms. The average molecular weight is 400 g/mol. The van der Waals surface area contributed by atoms with E-state index in [0.717, 1.165) is 25.9 Å². The number of nitrogens with one attached hydrogen (secondary N) is 2. The Labute approximate surface area is 170 Å². The smallest absolute Gasteiger partial charge is 0.338 e. The van der Waals surface area contributed by atoms with Gasteiger partial charge in [0.1, 0.15) is 0 Å². The molecule has 1 aromatic carbocycles. The summed E-state index contributed by atoms with van der Waals surface area (Å²) in [4.78, 5) is 26.8. The van der Waals surface area contributed by atoms with Crippen molar-refractivity contribution in [3.8, 4) is 11.4 Å². The summed E-state index contributed by atoms with van der Waals surface area (Å²) in [6.45, 7) is 10.2. The Kier molecular flexibility index (Phi) is 6.14. The van der Waals surface area contributed by atoms with Crippen molar-refractivity contribution in [3.05, 3.63) is 23.8 Å². The molecule has 1 saturated heterocycles. The number of aromatic amines is 1. The number of H-pyrrole nitrogens is 1. The molecule has 9 nitrogen and oxygen atoms in total. The van der Waals surface area contributed by atoms with Gasteiger partial charge in [-0.3, -0.25) is 0 Å². The molecule has 29 heavy (non-hydrogen) atoms. The Balaban J connectivity index is 1.74. The molecule has 1 fully saturated rings. The van der Waals surface area contributed by atoms with Gasteiger partial charge in [-0.05, 0) is 54.5 Å². The molecule has 0 radical (unpaired) electrons. The molecule has 1 aliphatic heterocycles. The Hall–Kier alpha value is -2.97. The van der Waals surface area contributed by atoms with Gasteiger partial charge in [0.2, 0.25) is 5.82 Å². The van der Waals surface area contributed by atoms with Crippen molar-refractivity contribution in [3.63, 3.8) is 0 Å². The van der Waals surface area contributed by atoms with E-state index in [9.17, 15) is 9.59 Å². The zero-order chi connectivity index (χ0) is 21.0. The lowest BCUT2D eigenvalue weighted by Gasteiger charge is -2.38. The molecule has 3 rings (SSSR count). The largest absolute Gasteiger partial charge is 0.462 e. The zero-order valence-corrected chi connectivity index (χ0v) is 17.4. The summed E-state index contributed by atoms with van der Waals surface area (Å²) in [6.07, 6.45) is 1.99. The van der Waals surface area contributed by atoms with Crippen LogP contribution in [0.15, 0.2) is 18.2 Å². The van der Waals surface area contributed by atoms with Crippen LogP contribution in [0.5, 0.6) is 0 Å². The number of rotatable bonds is 4. The van der Waals surface area contributed by atoms with E-state index in [4.69, 9.17) is 4.74 Å². The van der Waals surface area contributed by atoms with Crippen molar-refractivity contribution in [2.24, 2.45) is 11.3 Å². The number of hydrogen-bond donors (Lipinski definition) is 2. The standard InChI is InChI=1S/C20H28N6O3/c1-5-29-18(27)15-7-6-14(12-16(15)17-22-24-25-23-17)21-19(28)26-10-8-13(9-11-26)20(2,3)4/h6-7,12-13H,5,8-11H2,1-4H3,(H,21,28)(H,22,23,24,25). The predicted molar refractivity (Wildman–Crippen MR) is 108 cm³/mol. The minimum absolute atomic E-state index is 0.152. The van der Waals surface area contributed by atoms with E-state index in [-0.39, 0.29) is 23.9 Å². The second kappa shape index (κ2) is 8.59. The molecule has 0 atom stereocenters. The fraction of sp³-hybridized carbons (Fsp3) is 0.550. The summed E-state index contributed by atoms with van der Waals surface area (Å²) in [6, 6.07) is 4.79. The van der Waals surface area contributed by atoms with Crippen LogP contribution in [0.25, 0.3) is 11.4 Å². The van der Waals surface area contributed by atoms with Crippen LogP contribution >= 0.6 is 0 Å². The van der Waals surface area contributed by atoms with Crippen LogP contribution in [0.4, 0.5) is 10.5 Å². The number of likely N-dealkylation sites (tertiary alicyclic amines) is 1. The van der Waals surface area contributed by atoms with Crippen molar-refractivity contribution in [1.82, 2.24) is 25.5 Å². The van der Waals surface area contributed by atoms with E-state index < -0.39 is 5.97 Å². The Morgan fingerprint density at radius 1 is 1.28 bits per heavy atom. The number of tetrazole rings is 1. The molecule has 0 saturated carbocycles. The Morgan fingerprint density at radius 2 is 2.00 bits per heavy atom. The fourth-order valence-corrected chi connectivity index (χ4v) is 3.62. The van der Waals surface area contributed by atoms with Crippen molar-refractivity contribution < 1.29 is 14.3 Å². The van der Waals surface area contributed by atoms with Gasteiger partial charge in [-0.15, -0.1) is 10.2 Å². The second-order valence-electron chi connectivity index (χ2n) is 8.27. The van der Waals surface area contributed by atoms with Crippen molar-refractivity contribution in [2.75, 3.05) is 25.0 Å². The molecular weight excluding hydrogens is 372 g/mol. The minimum atomic E-state index is -0.477. The summed E-state index contributed by atoms with van der Waals surface area (Å²) < 4.78 is 5.10. The number of amides is 2. The number of nitrogens with zero attached hydrogens (tertiary/aromatic N) is 4. The highest BCUT2D eigenvalue weighted by molar-refractivity contribution is 5.98. The number of ether oxygens (including phenoxy) is 1. The molecule has 1 aliphatic rings. The lowest BCUT2D eigenvalue weighted by atomic mass is 9.75. The topological polar surface area (TPSA) is 113 Å². The Morgan fingerprint density at radius 3 is 2.59 bits per heavy atom. The van der Waals surface area contributed by atoms with E-state index in [2.05, 4.69) is 46.7 Å². The van der Waals surface area contributed by atoms with Gasteiger partial charge in [-0.25, -0.2) is 9.59 Å². The van der Waals surface area contributed by atoms with Crippen LogP contribution in [0.1, 0.15) is 50.9 Å². The van der Waals surface area contributed by atoms with Gasteiger partial charge in [0.05, 0.1) is 12.2 Å². The monoisotopic (exact) mass is 400 g/mol. The lowest BCUT2D eigenvalue weighted by Crippen LogP contribution is -2.43. The number of urea groups is 1. The van der Waals surface area contributed by atoms with Crippen LogP contribution in [-0.2, 0) is 4.74 Å². The van der Waals surface area contributed by atoms with Gasteiger partial charge in [0, 0.05) is 24.3 Å². The van der Waals surface area contributed by atoms with Crippen LogP contribution in [0.3, 0.4) is 0 Å². The fourth-order valence-electron chi connectivity index (χ4n) is 3.62. The first kappa shape index (κ1) is 20.8. The van der Waals surface area contributed by atoms with Gasteiger partial charge in [-0.2, -0.15) is 5.21 Å². The quantitative estimate of drug-likeness (QED) is 0.761. The predicted octanol–water partition coefficient (Wildman–Crippen LogP) is 3.33. The first-order valence-corrected chi connectivity index (χ1v) is 9.90. The maximum absolute atomic E-state index is 12.7. The highest BCUT2D eigenvalue weighted by atomic mass is 16.5. The summed E-state index contributed by atoms with van der Waals surface area (Å²) in [7, 11) is 0. The number of piperidine rings is 1. The maximum atomic E-state index is 12.7. The maximum Gasteiger partial charge on any atom is 0.338 e. The van der Waals surface area contributed by atoms with Crippen LogP contribution < -0.4 is 5.32 Å². The SMILES string of the molecule is CCOC(=O)c1ccc(NC(=O)N2CCC(C(C)(C)C)CC2)cc1-c1nn[nH]n1. The molecule has 2 heterocycles. The first-order valence-electron chi connectivity index (χ1n) is 9.90. The number of esters is 1. The number of anilines is 1. The molecule has 2 N–H and O–H groups in total. The summed E-state index contributed by atoms with van der Waals surface area (Å²) in [5.41, 5.74) is 1.57. The minimum Gasteiger partial charge on any atom is -0.462 e. The lowest BCUT2D eigenvalue weighted by molar-refractivity contribution is 0.0527. The normalized spacial score (nSPS) is 15.2. The molecule has 9 heteroatoms. The van der Waals surface area contributed by atoms with Crippen molar-refractivity contribution >= 4 is 17.7 Å². The third kappa shape index (κ3) is 4.90. The number of carbonyl (C=O) groups excluding carboxylic acids is 2. The van der Waals surface area contributed by atoms with E-state index in [0.29, 0.717) is 22.7 Å². The third-order valence-electron chi connectivity index (χ3n) is 5.36. The van der Waals surface area contributed by atoms with E-state index in [1.807, 2.05) is 4.90 Å². The Bertz CT molecular complexity index is 852. The van der Waals surface area contributed by atoms with Crippen molar-refractivity contribution in [2.45, 2.75) is 40.5 Å². The van der Waals surface area contributed by atoms with Gasteiger partial charge < -0.3 is 15.0 Å². The molecule has 0 aliphatic carbocycles. The molecule has 2 aromatic rings. The molecule has 0 unspecified atom stereocenters. The molecule has 156 valence electrons. The van der Waals surface area contributed by atoms with E-state index >= 15 is 0 Å². The van der Waals surface area contributed by atoms with Gasteiger partial charge in [-0.1, -0.05) is 20.8 Å². The molecular formula is C20H28N6O3. The second-order valence-corrected chi connectivity index (χ2v) is 8.27. The summed E-state index contributed by atoms with van der Waals surface area (Å²) in [5, 5.41) is 16.7. The molecule has 1 aromatic heterocycles. The van der Waals surface area contributed by atoms with Crippen LogP contribution in [-0.4, -0.2) is 57.2 Å². The number of aromatic nitrogens is 4. The van der Waals surface area contributed by atoms with Crippen LogP contribution in [0, 0.1) is 11.3 Å². The first-order chi connectivity index (χ1) is 13.8. The van der Waals surface area contributed by atoms with Gasteiger partial charge >= 0.3 is 12.0 Å². The average Bonchev–Trinajstić information content (AvgIpc) is 3.22. The van der Waals surface area contributed by atoms with Gasteiger partial charge in [0.15, 0.2) is 0 Å². The van der Waals surface area contributed by atoms with Crippen molar-refractivity contribution in [1.29, 1.82) is 0 Å². The zero-order valence-electron chi connectivity index (χ0n) is 17.4. The molecule has 0 spiro atoms. The summed E-state index contributed by atoms with van der Waals surface area (Å²) >= 11 is 0. The summed E-state index contributed by atoms with van der Waals surface area (Å²) in [5.74, 6) is 0.393.